The summed E-state index contributed by atoms with van der Waals surface area (Å²) in [6, 6.07) is 3.26. The summed E-state index contributed by atoms with van der Waals surface area (Å²) in [5.74, 6) is -2.37. The number of nitro groups is 1. The number of halogens is 3. The van der Waals surface area contributed by atoms with Crippen LogP contribution in [0.25, 0.3) is 22.8 Å². The third-order valence-corrected chi connectivity index (χ3v) is 3.40. The summed E-state index contributed by atoms with van der Waals surface area (Å²) in [6.07, 6.45) is -4.25. The van der Waals surface area contributed by atoms with Crippen molar-refractivity contribution in [3.8, 4) is 34.3 Å². The highest BCUT2D eigenvalue weighted by Gasteiger charge is 2.39. The van der Waals surface area contributed by atoms with Crippen LogP contribution in [0.4, 0.5) is 18.9 Å². The zero-order valence-corrected chi connectivity index (χ0v) is 12.8. The van der Waals surface area contributed by atoms with Gasteiger partial charge in [-0.1, -0.05) is 5.16 Å². The quantitative estimate of drug-likeness (QED) is 0.230. The molecule has 0 unspecified atom stereocenters. The summed E-state index contributed by atoms with van der Waals surface area (Å²) in [7, 11) is 0. The van der Waals surface area contributed by atoms with Crippen LogP contribution in [0.5, 0.6) is 11.5 Å². The minimum atomic E-state index is -4.84. The first-order chi connectivity index (χ1) is 12.6. The van der Waals surface area contributed by atoms with Gasteiger partial charge in [0.25, 0.3) is 11.6 Å². The van der Waals surface area contributed by atoms with E-state index in [2.05, 4.69) is 10.1 Å². The van der Waals surface area contributed by atoms with Gasteiger partial charge in [-0.2, -0.15) is 22.9 Å². The van der Waals surface area contributed by atoms with Gasteiger partial charge in [-0.3, -0.25) is 10.1 Å². The van der Waals surface area contributed by atoms with Crippen LogP contribution in [0.2, 0.25) is 0 Å². The Morgan fingerprint density at radius 3 is 2.48 bits per heavy atom. The van der Waals surface area contributed by atoms with Crippen molar-refractivity contribution < 1.29 is 37.6 Å². The standard InChI is InChI=1S/C14H7F3N4O6/c15-14(16,17)10-2-1-6(5-20(10)24)12-18-13(27-19-12)7-3-8(21(25)26)11(23)9(22)4-7/h1-5,22-23H. The highest BCUT2D eigenvalue weighted by molar-refractivity contribution is 5.68. The predicted octanol–water partition coefficient (Wildman–Crippen LogP) is 2.38. The second-order valence-corrected chi connectivity index (χ2v) is 5.17. The fourth-order valence-electron chi connectivity index (χ4n) is 2.16. The van der Waals surface area contributed by atoms with Crippen molar-refractivity contribution in [2.45, 2.75) is 6.18 Å². The molecule has 0 saturated carbocycles. The van der Waals surface area contributed by atoms with E-state index >= 15 is 0 Å². The van der Waals surface area contributed by atoms with Gasteiger partial charge in [0.2, 0.25) is 11.6 Å². The second-order valence-electron chi connectivity index (χ2n) is 5.17. The van der Waals surface area contributed by atoms with E-state index < -0.39 is 38.7 Å². The zero-order valence-electron chi connectivity index (χ0n) is 12.8. The SMILES string of the molecule is O=[N+]([O-])c1cc(-c2nc(-c3ccc(C(F)(F)F)[n+]([O-])c3)no2)cc(O)c1O. The Morgan fingerprint density at radius 1 is 1.19 bits per heavy atom. The molecule has 140 valence electrons. The molecule has 0 aliphatic rings. The molecule has 3 rings (SSSR count). The summed E-state index contributed by atoms with van der Waals surface area (Å²) >= 11 is 0. The van der Waals surface area contributed by atoms with Crippen molar-refractivity contribution in [2.75, 3.05) is 0 Å². The topological polar surface area (TPSA) is 149 Å². The van der Waals surface area contributed by atoms with Crippen molar-refractivity contribution >= 4 is 5.69 Å². The lowest BCUT2D eigenvalue weighted by atomic mass is 10.1. The fraction of sp³-hybridized carbons (Fsp3) is 0.0714. The van der Waals surface area contributed by atoms with Crippen molar-refractivity contribution in [3.05, 3.63) is 51.5 Å². The molecule has 10 nitrogen and oxygen atoms in total. The normalized spacial score (nSPS) is 11.5. The first-order valence-electron chi connectivity index (χ1n) is 6.93. The number of aromatic hydroxyl groups is 2. The number of alkyl halides is 3. The van der Waals surface area contributed by atoms with Gasteiger partial charge in [0.1, 0.15) is 0 Å². The van der Waals surface area contributed by atoms with Gasteiger partial charge in [-0.25, -0.2) is 0 Å². The van der Waals surface area contributed by atoms with Crippen LogP contribution in [0, 0.1) is 15.3 Å². The van der Waals surface area contributed by atoms with Crippen molar-refractivity contribution in [3.63, 3.8) is 0 Å². The van der Waals surface area contributed by atoms with E-state index in [9.17, 15) is 38.7 Å². The Labute approximate surface area is 146 Å². The number of benzene rings is 1. The van der Waals surface area contributed by atoms with E-state index in [-0.39, 0.29) is 22.8 Å². The predicted molar refractivity (Wildman–Crippen MR) is 79.1 cm³/mol. The molecule has 2 N–H and O–H groups in total. The number of hydrogen-bond acceptors (Lipinski definition) is 8. The average molecular weight is 384 g/mol. The smallest absolute Gasteiger partial charge is 0.478 e. The first-order valence-corrected chi connectivity index (χ1v) is 6.93. The third kappa shape index (κ3) is 3.29. The molecule has 27 heavy (non-hydrogen) atoms. The molecule has 0 aliphatic carbocycles. The van der Waals surface area contributed by atoms with Crippen LogP contribution in [0.3, 0.4) is 0 Å². The number of pyridine rings is 1. The first kappa shape index (κ1) is 17.9. The molecule has 3 aromatic rings. The molecule has 0 aliphatic heterocycles. The monoisotopic (exact) mass is 384 g/mol. The van der Waals surface area contributed by atoms with Crippen LogP contribution in [0.1, 0.15) is 5.69 Å². The van der Waals surface area contributed by atoms with Gasteiger partial charge < -0.3 is 19.9 Å². The molecule has 0 radical (unpaired) electrons. The highest BCUT2D eigenvalue weighted by Crippen LogP contribution is 2.39. The van der Waals surface area contributed by atoms with Crippen molar-refractivity contribution in [2.24, 2.45) is 0 Å². The van der Waals surface area contributed by atoms with Crippen molar-refractivity contribution in [1.29, 1.82) is 0 Å². The van der Waals surface area contributed by atoms with Gasteiger partial charge in [0.15, 0.2) is 11.9 Å². The molecule has 0 saturated heterocycles. The largest absolute Gasteiger partial charge is 0.618 e. The number of nitro benzene ring substituents is 1. The van der Waals surface area contributed by atoms with E-state index in [1.807, 2.05) is 0 Å². The van der Waals surface area contributed by atoms with Gasteiger partial charge in [0, 0.05) is 12.1 Å². The molecule has 0 bridgehead atoms. The molecular weight excluding hydrogens is 377 g/mol. The summed E-state index contributed by atoms with van der Waals surface area (Å²) in [5, 5.41) is 44.9. The average Bonchev–Trinajstić information content (AvgIpc) is 3.05. The molecule has 0 spiro atoms. The van der Waals surface area contributed by atoms with E-state index in [4.69, 9.17) is 4.52 Å². The molecule has 0 fully saturated rings. The maximum atomic E-state index is 12.6. The Bertz CT molecular complexity index is 1050. The Kier molecular flexibility index (Phi) is 4.06. The van der Waals surface area contributed by atoms with Gasteiger partial charge in [0.05, 0.1) is 16.1 Å². The molecule has 0 amide bonds. The van der Waals surface area contributed by atoms with E-state index in [0.717, 1.165) is 18.2 Å². The zero-order chi connectivity index (χ0) is 19.9. The summed E-state index contributed by atoms with van der Waals surface area (Å²) in [4.78, 5) is 13.7. The van der Waals surface area contributed by atoms with Crippen LogP contribution in [0.15, 0.2) is 35.0 Å². The third-order valence-electron chi connectivity index (χ3n) is 3.40. The van der Waals surface area contributed by atoms with Crippen LogP contribution in [-0.2, 0) is 6.18 Å². The van der Waals surface area contributed by atoms with E-state index in [1.165, 1.54) is 0 Å². The summed E-state index contributed by atoms with van der Waals surface area (Å²) in [6.45, 7) is 0. The maximum absolute atomic E-state index is 12.6. The minimum Gasteiger partial charge on any atom is -0.618 e. The Balaban J connectivity index is 2.01. The number of phenols is 2. The lowest BCUT2D eigenvalue weighted by Crippen LogP contribution is -2.36. The minimum absolute atomic E-state index is 0.106. The maximum Gasteiger partial charge on any atom is 0.478 e. The Morgan fingerprint density at radius 2 is 1.89 bits per heavy atom. The molecule has 2 heterocycles. The Hall–Kier alpha value is -3.90. The highest BCUT2D eigenvalue weighted by atomic mass is 19.4. The van der Waals surface area contributed by atoms with Gasteiger partial charge in [-0.15, -0.1) is 0 Å². The molecule has 13 heteroatoms. The summed E-state index contributed by atoms with van der Waals surface area (Å²) in [5.41, 5.74) is -2.49. The lowest BCUT2D eigenvalue weighted by molar-refractivity contribution is -0.628. The lowest BCUT2D eigenvalue weighted by Gasteiger charge is -2.07. The van der Waals surface area contributed by atoms with E-state index in [1.54, 1.807) is 0 Å². The van der Waals surface area contributed by atoms with Gasteiger partial charge in [-0.05, 0) is 12.1 Å². The summed E-state index contributed by atoms with van der Waals surface area (Å²) < 4.78 is 42.3. The van der Waals surface area contributed by atoms with E-state index in [0.29, 0.717) is 12.3 Å². The van der Waals surface area contributed by atoms with Gasteiger partial charge >= 0.3 is 11.9 Å². The fourth-order valence-corrected chi connectivity index (χ4v) is 2.16. The molecule has 0 atom stereocenters. The number of phenolic OH excluding ortho intramolecular Hbond substituents is 2. The van der Waals surface area contributed by atoms with Crippen molar-refractivity contribution in [1.82, 2.24) is 10.1 Å². The molecule has 2 aromatic heterocycles. The number of nitrogens with zero attached hydrogens (tertiary/aromatic N) is 4. The molecular formula is C14H7F3N4O6. The molecule has 1 aromatic carbocycles. The number of rotatable bonds is 3. The van der Waals surface area contributed by atoms with Crippen LogP contribution >= 0.6 is 0 Å². The van der Waals surface area contributed by atoms with Crippen LogP contribution in [-0.4, -0.2) is 25.3 Å². The second kappa shape index (κ2) is 6.12. The number of hydrogen-bond donors (Lipinski definition) is 2. The van der Waals surface area contributed by atoms with Crippen LogP contribution < -0.4 is 4.73 Å². The number of aromatic nitrogens is 3.